The lowest BCUT2D eigenvalue weighted by atomic mass is 9.79. The summed E-state index contributed by atoms with van der Waals surface area (Å²) in [5, 5.41) is 0. The molecule has 0 spiro atoms. The molecule has 1 heterocycles. The monoisotopic (exact) mass is 406 g/mol. The highest BCUT2D eigenvalue weighted by Gasteiger charge is 2.39. The molecule has 1 aromatic carbocycles. The molecule has 2 aliphatic carbocycles. The normalized spacial score (nSPS) is 24.8. The summed E-state index contributed by atoms with van der Waals surface area (Å²) in [5.41, 5.74) is 2.69. The van der Waals surface area contributed by atoms with Gasteiger partial charge in [0.15, 0.2) is 0 Å². The molecule has 5 heteroatoms. The first-order valence-corrected chi connectivity index (χ1v) is 10.9. The fraction of sp³-hybridized carbons (Fsp3) is 0.696. The van der Waals surface area contributed by atoms with E-state index >= 15 is 0 Å². The van der Waals surface area contributed by atoms with Crippen molar-refractivity contribution in [2.24, 2.45) is 5.92 Å². The summed E-state index contributed by atoms with van der Waals surface area (Å²) in [6, 6.07) is 6.96. The maximum Gasteiger partial charge on any atom is 0.414 e. The molecule has 156 valence electrons. The highest BCUT2D eigenvalue weighted by Crippen LogP contribution is 2.44. The highest BCUT2D eigenvalue weighted by atomic mass is 35.5. The number of fused-ring (bicyclic) bond motifs is 3. The van der Waals surface area contributed by atoms with Crippen LogP contribution in [0.3, 0.4) is 0 Å². The maximum absolute atomic E-state index is 12.0. The summed E-state index contributed by atoms with van der Waals surface area (Å²) in [4.78, 5) is 16.3. The number of nitrogens with zero attached hydrogens (tertiary/aromatic N) is 2. The van der Waals surface area contributed by atoms with Crippen molar-refractivity contribution in [3.63, 3.8) is 0 Å². The van der Waals surface area contributed by atoms with Crippen molar-refractivity contribution in [2.45, 2.75) is 69.7 Å². The molecule has 0 bridgehead atoms. The molecule has 1 saturated carbocycles. The Bertz CT molecular complexity index is 673. The molecule has 0 unspecified atom stereocenters. The van der Waals surface area contributed by atoms with E-state index in [2.05, 4.69) is 17.0 Å². The van der Waals surface area contributed by atoms with Gasteiger partial charge in [-0.05, 0) is 61.9 Å². The second kappa shape index (κ2) is 9.49. The largest absolute Gasteiger partial charge is 0.414 e. The van der Waals surface area contributed by atoms with Crippen LogP contribution in [0.5, 0.6) is 5.75 Å². The van der Waals surface area contributed by atoms with Crippen molar-refractivity contribution in [3.05, 3.63) is 29.3 Å². The minimum absolute atomic E-state index is 0. The van der Waals surface area contributed by atoms with Gasteiger partial charge >= 0.3 is 6.09 Å². The minimum atomic E-state index is -0.286. The molecule has 1 aromatic rings. The van der Waals surface area contributed by atoms with Crippen molar-refractivity contribution in [2.75, 3.05) is 27.2 Å². The van der Waals surface area contributed by atoms with Gasteiger partial charge in [-0.2, -0.15) is 0 Å². The Morgan fingerprint density at radius 1 is 1.14 bits per heavy atom. The topological polar surface area (TPSA) is 32.8 Å². The second-order valence-corrected chi connectivity index (χ2v) is 8.92. The molecule has 0 N–H and O–H groups in total. The molecule has 0 aromatic heterocycles. The minimum Gasteiger partial charge on any atom is -0.410 e. The van der Waals surface area contributed by atoms with Crippen LogP contribution in [-0.2, 0) is 6.42 Å². The van der Waals surface area contributed by atoms with E-state index in [9.17, 15) is 4.79 Å². The first-order chi connectivity index (χ1) is 13.1. The Kier molecular flexibility index (Phi) is 7.27. The average Bonchev–Trinajstić information content (AvgIpc) is 3.11. The summed E-state index contributed by atoms with van der Waals surface area (Å²) >= 11 is 0. The van der Waals surface area contributed by atoms with Gasteiger partial charge in [-0.1, -0.05) is 44.2 Å². The van der Waals surface area contributed by atoms with E-state index in [-0.39, 0.29) is 18.5 Å². The second-order valence-electron chi connectivity index (χ2n) is 8.92. The summed E-state index contributed by atoms with van der Waals surface area (Å²) in [5.74, 6) is 2.34. The van der Waals surface area contributed by atoms with E-state index in [0.717, 1.165) is 18.1 Å². The Labute approximate surface area is 176 Å². The van der Waals surface area contributed by atoms with Crippen molar-refractivity contribution in [1.82, 2.24) is 9.80 Å². The van der Waals surface area contributed by atoms with Crippen LogP contribution in [0.2, 0.25) is 0 Å². The lowest BCUT2D eigenvalue weighted by Gasteiger charge is -2.35. The number of hydrogen-bond donors (Lipinski definition) is 0. The van der Waals surface area contributed by atoms with Crippen LogP contribution in [-0.4, -0.2) is 49.1 Å². The van der Waals surface area contributed by atoms with E-state index in [4.69, 9.17) is 4.74 Å². The van der Waals surface area contributed by atoms with E-state index < -0.39 is 0 Å². The summed E-state index contributed by atoms with van der Waals surface area (Å²) in [6.45, 7) is 2.50. The lowest BCUT2D eigenvalue weighted by Crippen LogP contribution is -2.36. The van der Waals surface area contributed by atoms with Gasteiger partial charge < -0.3 is 9.64 Å². The number of benzene rings is 1. The van der Waals surface area contributed by atoms with Crippen molar-refractivity contribution in [1.29, 1.82) is 0 Å². The molecular weight excluding hydrogens is 372 g/mol. The van der Waals surface area contributed by atoms with E-state index in [0.29, 0.717) is 12.0 Å². The van der Waals surface area contributed by atoms with Crippen molar-refractivity contribution >= 4 is 18.5 Å². The quantitative estimate of drug-likeness (QED) is 0.685. The third kappa shape index (κ3) is 4.49. The zero-order valence-corrected chi connectivity index (χ0v) is 18.2. The fourth-order valence-corrected chi connectivity index (χ4v) is 5.54. The van der Waals surface area contributed by atoms with Gasteiger partial charge in [-0.25, -0.2) is 4.79 Å². The molecular formula is C23H35ClN2O2. The molecule has 1 amide bonds. The first-order valence-electron chi connectivity index (χ1n) is 10.9. The van der Waals surface area contributed by atoms with Crippen molar-refractivity contribution < 1.29 is 9.53 Å². The number of halogens is 1. The number of ether oxygens (including phenoxy) is 1. The van der Waals surface area contributed by atoms with Crippen LogP contribution < -0.4 is 4.74 Å². The molecule has 0 radical (unpaired) electrons. The summed E-state index contributed by atoms with van der Waals surface area (Å²) in [7, 11) is 3.46. The third-order valence-corrected chi connectivity index (χ3v) is 7.03. The maximum atomic E-state index is 12.0. The SMILES string of the molecule is CN(C)C(=O)Oc1cccc2c1CC[C@@H]1[C@H]2CCN1CCC1CCCCC1.Cl. The molecule has 4 rings (SSSR count). The predicted octanol–water partition coefficient (Wildman–Crippen LogP) is 5.24. The van der Waals surface area contributed by atoms with Gasteiger partial charge in [0.1, 0.15) is 5.75 Å². The Balaban J connectivity index is 0.00000225. The van der Waals surface area contributed by atoms with Crippen LogP contribution in [0.4, 0.5) is 4.79 Å². The number of carbonyl (C=O) groups is 1. The van der Waals surface area contributed by atoms with E-state index in [1.54, 1.807) is 14.1 Å². The predicted molar refractivity (Wildman–Crippen MR) is 116 cm³/mol. The zero-order valence-electron chi connectivity index (χ0n) is 17.4. The number of likely N-dealkylation sites (tertiary alicyclic amines) is 1. The van der Waals surface area contributed by atoms with Gasteiger partial charge in [0, 0.05) is 26.1 Å². The zero-order chi connectivity index (χ0) is 18.8. The van der Waals surface area contributed by atoms with Crippen LogP contribution in [0.15, 0.2) is 18.2 Å². The number of hydrogen-bond acceptors (Lipinski definition) is 3. The Morgan fingerprint density at radius 3 is 2.68 bits per heavy atom. The Morgan fingerprint density at radius 2 is 1.93 bits per heavy atom. The standard InChI is InChI=1S/C23H34N2O2.ClH/c1-24(2)23(26)27-22-10-6-9-18-19-14-16-25(21(19)12-11-20(18)22)15-13-17-7-4-3-5-8-17;/h6,9-10,17,19,21H,3-5,7-8,11-16H2,1-2H3;1H/t19-,21+;/m0./s1. The molecule has 1 aliphatic heterocycles. The number of amides is 1. The average molecular weight is 407 g/mol. The van der Waals surface area contributed by atoms with Gasteiger partial charge in [-0.15, -0.1) is 12.4 Å². The summed E-state index contributed by atoms with van der Waals surface area (Å²) in [6.07, 6.45) is 11.8. The summed E-state index contributed by atoms with van der Waals surface area (Å²) < 4.78 is 5.65. The van der Waals surface area contributed by atoms with Crippen LogP contribution in [0.25, 0.3) is 0 Å². The third-order valence-electron chi connectivity index (χ3n) is 7.03. The number of carbonyl (C=O) groups excluding carboxylic acids is 1. The Hall–Kier alpha value is -1.26. The van der Waals surface area contributed by atoms with Gasteiger partial charge in [0.2, 0.25) is 0 Å². The lowest BCUT2D eigenvalue weighted by molar-refractivity contribution is 0.170. The molecule has 2 atom stereocenters. The number of rotatable bonds is 4. The van der Waals surface area contributed by atoms with Crippen molar-refractivity contribution in [3.8, 4) is 5.75 Å². The molecule has 4 nitrogen and oxygen atoms in total. The van der Waals surface area contributed by atoms with Crippen LogP contribution in [0, 0.1) is 5.92 Å². The smallest absolute Gasteiger partial charge is 0.410 e. The highest BCUT2D eigenvalue weighted by molar-refractivity contribution is 5.85. The molecule has 28 heavy (non-hydrogen) atoms. The van der Waals surface area contributed by atoms with E-state index in [1.165, 1.54) is 80.5 Å². The molecule has 1 saturated heterocycles. The fourth-order valence-electron chi connectivity index (χ4n) is 5.54. The van der Waals surface area contributed by atoms with Gasteiger partial charge in [0.05, 0.1) is 0 Å². The molecule has 3 aliphatic rings. The van der Waals surface area contributed by atoms with Gasteiger partial charge in [-0.3, -0.25) is 4.90 Å². The van der Waals surface area contributed by atoms with Crippen LogP contribution in [0.1, 0.15) is 68.4 Å². The first kappa shape index (κ1) is 21.4. The van der Waals surface area contributed by atoms with E-state index in [1.807, 2.05) is 6.07 Å². The van der Waals surface area contributed by atoms with Gasteiger partial charge in [0.25, 0.3) is 0 Å². The molecule has 2 fully saturated rings. The van der Waals surface area contributed by atoms with Crippen LogP contribution >= 0.6 is 12.4 Å².